The molecule has 1 N–H and O–H groups in total. The molecule has 0 aliphatic heterocycles. The van der Waals surface area contributed by atoms with Gasteiger partial charge in [0.2, 0.25) is 5.12 Å². The standard InChI is InChI=1S/C9H6N2OS3/c12-8(6-4-2-1-3-5-6)14-7-9(13)15-11-10-7/h1-5,11H. The van der Waals surface area contributed by atoms with Crippen molar-refractivity contribution in [3.63, 3.8) is 0 Å². The second-order valence-electron chi connectivity index (χ2n) is 2.65. The summed E-state index contributed by atoms with van der Waals surface area (Å²) in [4.78, 5) is 11.7. The van der Waals surface area contributed by atoms with Gasteiger partial charge >= 0.3 is 0 Å². The Morgan fingerprint density at radius 1 is 1.40 bits per heavy atom. The van der Waals surface area contributed by atoms with Crippen LogP contribution >= 0.6 is 35.5 Å². The molecule has 0 bridgehead atoms. The molecule has 1 aromatic carbocycles. The van der Waals surface area contributed by atoms with Crippen molar-refractivity contribution >= 4 is 40.6 Å². The van der Waals surface area contributed by atoms with Crippen LogP contribution in [0.2, 0.25) is 0 Å². The Labute approximate surface area is 99.7 Å². The second-order valence-corrected chi connectivity index (χ2v) is 5.08. The maximum Gasteiger partial charge on any atom is 0.225 e. The van der Waals surface area contributed by atoms with E-state index in [-0.39, 0.29) is 5.12 Å². The van der Waals surface area contributed by atoms with Crippen molar-refractivity contribution < 1.29 is 4.79 Å². The molecule has 0 saturated carbocycles. The van der Waals surface area contributed by atoms with Crippen molar-refractivity contribution in [2.45, 2.75) is 5.03 Å². The molecular weight excluding hydrogens is 248 g/mol. The van der Waals surface area contributed by atoms with Crippen LogP contribution in [0.5, 0.6) is 0 Å². The lowest BCUT2D eigenvalue weighted by atomic mass is 10.2. The highest BCUT2D eigenvalue weighted by molar-refractivity contribution is 8.14. The minimum Gasteiger partial charge on any atom is -0.281 e. The van der Waals surface area contributed by atoms with E-state index in [4.69, 9.17) is 12.2 Å². The van der Waals surface area contributed by atoms with E-state index in [9.17, 15) is 4.79 Å². The van der Waals surface area contributed by atoms with Crippen LogP contribution in [0.15, 0.2) is 35.4 Å². The number of nitrogens with one attached hydrogen (secondary N) is 1. The molecule has 0 unspecified atom stereocenters. The van der Waals surface area contributed by atoms with Gasteiger partial charge in [0.05, 0.1) is 0 Å². The van der Waals surface area contributed by atoms with Crippen LogP contribution < -0.4 is 0 Å². The molecule has 1 aromatic heterocycles. The van der Waals surface area contributed by atoms with Gasteiger partial charge in [-0.25, -0.2) is 4.49 Å². The number of aromatic nitrogens is 2. The second kappa shape index (κ2) is 4.69. The highest BCUT2D eigenvalue weighted by Gasteiger charge is 2.10. The first-order valence-electron chi connectivity index (χ1n) is 4.08. The smallest absolute Gasteiger partial charge is 0.225 e. The fraction of sp³-hybridized carbons (Fsp3) is 0. The lowest BCUT2D eigenvalue weighted by Crippen LogP contribution is -1.92. The normalized spacial score (nSPS) is 10.1. The summed E-state index contributed by atoms with van der Waals surface area (Å²) in [6.45, 7) is 0. The van der Waals surface area contributed by atoms with E-state index in [0.29, 0.717) is 14.4 Å². The predicted molar refractivity (Wildman–Crippen MR) is 63.9 cm³/mol. The highest BCUT2D eigenvalue weighted by Crippen LogP contribution is 2.22. The fourth-order valence-corrected chi connectivity index (χ4v) is 2.53. The molecule has 76 valence electrons. The Balaban J connectivity index is 2.18. The van der Waals surface area contributed by atoms with Gasteiger partial charge in [-0.1, -0.05) is 42.5 Å². The van der Waals surface area contributed by atoms with Crippen molar-refractivity contribution in [3.05, 3.63) is 39.7 Å². The molecule has 6 heteroatoms. The number of hydrogen-bond acceptors (Lipinski definition) is 5. The van der Waals surface area contributed by atoms with Gasteiger partial charge in [0.25, 0.3) is 0 Å². The number of carbonyl (C=O) groups excluding carboxylic acids is 1. The van der Waals surface area contributed by atoms with E-state index >= 15 is 0 Å². The number of aromatic amines is 1. The zero-order chi connectivity index (χ0) is 10.7. The van der Waals surface area contributed by atoms with Crippen molar-refractivity contribution in [3.8, 4) is 0 Å². The summed E-state index contributed by atoms with van der Waals surface area (Å²) in [6, 6.07) is 9.07. The van der Waals surface area contributed by atoms with E-state index in [0.717, 1.165) is 11.8 Å². The van der Waals surface area contributed by atoms with Gasteiger partial charge < -0.3 is 0 Å². The van der Waals surface area contributed by atoms with E-state index in [1.54, 1.807) is 12.1 Å². The van der Waals surface area contributed by atoms with Crippen LogP contribution in [-0.2, 0) is 0 Å². The molecular formula is C9H6N2OS3. The molecule has 0 atom stereocenters. The van der Waals surface area contributed by atoms with Gasteiger partial charge in [0.15, 0.2) is 5.03 Å². The van der Waals surface area contributed by atoms with Crippen LogP contribution in [0.4, 0.5) is 0 Å². The first-order chi connectivity index (χ1) is 7.27. The molecule has 15 heavy (non-hydrogen) atoms. The first kappa shape index (κ1) is 10.5. The van der Waals surface area contributed by atoms with E-state index in [2.05, 4.69) is 9.59 Å². The van der Waals surface area contributed by atoms with E-state index in [1.807, 2.05) is 18.2 Å². The summed E-state index contributed by atoms with van der Waals surface area (Å²) in [5.74, 6) is 0. The summed E-state index contributed by atoms with van der Waals surface area (Å²) < 4.78 is 3.28. The number of hydrogen-bond donors (Lipinski definition) is 1. The Hall–Kier alpha value is -0.980. The number of benzene rings is 1. The molecule has 0 spiro atoms. The number of rotatable bonds is 2. The first-order valence-corrected chi connectivity index (χ1v) is 6.12. The maximum absolute atomic E-state index is 11.7. The Kier molecular flexibility index (Phi) is 3.30. The number of thioether (sulfide) groups is 1. The molecule has 2 rings (SSSR count). The third-order valence-electron chi connectivity index (χ3n) is 1.66. The van der Waals surface area contributed by atoms with Crippen LogP contribution in [0.3, 0.4) is 0 Å². The minimum absolute atomic E-state index is 0.0407. The average Bonchev–Trinajstić information content (AvgIpc) is 2.66. The van der Waals surface area contributed by atoms with Crippen LogP contribution in [0.25, 0.3) is 0 Å². The zero-order valence-corrected chi connectivity index (χ0v) is 9.92. The van der Waals surface area contributed by atoms with Gasteiger partial charge in [-0.05, 0) is 23.3 Å². The number of nitrogens with zero attached hydrogens (tertiary/aromatic N) is 1. The lowest BCUT2D eigenvalue weighted by Gasteiger charge is -1.96. The Bertz CT molecular complexity index is 517. The molecule has 0 amide bonds. The summed E-state index contributed by atoms with van der Waals surface area (Å²) in [5.41, 5.74) is 0.657. The number of H-pyrrole nitrogens is 1. The molecule has 0 saturated heterocycles. The van der Waals surface area contributed by atoms with Crippen molar-refractivity contribution in [2.24, 2.45) is 0 Å². The van der Waals surface area contributed by atoms with Crippen molar-refractivity contribution in [1.29, 1.82) is 0 Å². The quantitative estimate of drug-likeness (QED) is 0.660. The molecule has 0 aliphatic carbocycles. The van der Waals surface area contributed by atoms with E-state index in [1.165, 1.54) is 11.5 Å². The molecule has 0 aliphatic rings. The molecule has 0 fully saturated rings. The monoisotopic (exact) mass is 254 g/mol. The predicted octanol–water partition coefficient (Wildman–Crippen LogP) is 3.13. The third-order valence-corrected chi connectivity index (χ3v) is 3.83. The van der Waals surface area contributed by atoms with Crippen LogP contribution in [0.1, 0.15) is 10.4 Å². The molecule has 3 nitrogen and oxygen atoms in total. The summed E-state index contributed by atoms with van der Waals surface area (Å²) in [5, 5.41) is 4.45. The van der Waals surface area contributed by atoms with E-state index < -0.39 is 0 Å². The van der Waals surface area contributed by atoms with Gasteiger partial charge in [0.1, 0.15) is 3.82 Å². The van der Waals surface area contributed by atoms with Gasteiger partial charge in [-0.2, -0.15) is 5.10 Å². The van der Waals surface area contributed by atoms with Gasteiger partial charge in [-0.3, -0.25) is 4.79 Å². The molecule has 1 heterocycles. The Morgan fingerprint density at radius 3 is 2.73 bits per heavy atom. The van der Waals surface area contributed by atoms with Gasteiger partial charge in [0, 0.05) is 5.56 Å². The van der Waals surface area contributed by atoms with Crippen molar-refractivity contribution in [2.75, 3.05) is 0 Å². The summed E-state index contributed by atoms with van der Waals surface area (Å²) in [7, 11) is 0. The SMILES string of the molecule is O=C(Sc1n[nH]sc1=S)c1ccccc1. The lowest BCUT2D eigenvalue weighted by molar-refractivity contribution is 0.108. The van der Waals surface area contributed by atoms with Gasteiger partial charge in [-0.15, -0.1) is 0 Å². The summed E-state index contributed by atoms with van der Waals surface area (Å²) in [6.07, 6.45) is 0. The Morgan fingerprint density at radius 2 is 2.13 bits per heavy atom. The van der Waals surface area contributed by atoms with Crippen LogP contribution in [-0.4, -0.2) is 14.7 Å². The average molecular weight is 254 g/mol. The zero-order valence-electron chi connectivity index (χ0n) is 7.47. The molecule has 0 radical (unpaired) electrons. The molecule has 2 aromatic rings. The third kappa shape index (κ3) is 2.53. The van der Waals surface area contributed by atoms with Crippen LogP contribution in [0, 0.1) is 3.82 Å². The fourth-order valence-electron chi connectivity index (χ4n) is 0.980. The highest BCUT2D eigenvalue weighted by atomic mass is 32.2. The largest absolute Gasteiger partial charge is 0.281 e. The number of carbonyl (C=O) groups is 1. The maximum atomic E-state index is 11.7. The topological polar surface area (TPSA) is 45.8 Å². The minimum atomic E-state index is -0.0407. The van der Waals surface area contributed by atoms with Crippen molar-refractivity contribution in [1.82, 2.24) is 9.59 Å². The summed E-state index contributed by atoms with van der Waals surface area (Å²) >= 11 is 7.31.